The van der Waals surface area contributed by atoms with Gasteiger partial charge in [-0.1, -0.05) is 13.8 Å². The number of carbonyl (C=O) groups is 1. The van der Waals surface area contributed by atoms with E-state index in [1.165, 1.54) is 12.8 Å². The van der Waals surface area contributed by atoms with Gasteiger partial charge in [-0.05, 0) is 30.6 Å². The van der Waals surface area contributed by atoms with Crippen LogP contribution in [0.2, 0.25) is 0 Å². The minimum absolute atomic E-state index is 0.0573. The van der Waals surface area contributed by atoms with E-state index in [9.17, 15) is 4.79 Å². The third-order valence-electron chi connectivity index (χ3n) is 3.94. The number of hydrogen-bond donors (Lipinski definition) is 1. The number of rotatable bonds is 4. The van der Waals surface area contributed by atoms with Crippen LogP contribution in [0, 0.1) is 17.8 Å². The molecule has 0 unspecified atom stereocenters. The molecule has 2 fully saturated rings. The highest BCUT2D eigenvalue weighted by Gasteiger charge is 2.36. The average Bonchev–Trinajstić information content (AvgIpc) is 2.57. The number of primary amides is 1. The zero-order valence-corrected chi connectivity index (χ0v) is 11.0. The highest BCUT2D eigenvalue weighted by Crippen LogP contribution is 2.40. The van der Waals surface area contributed by atoms with Gasteiger partial charge in [0.2, 0.25) is 5.91 Å². The normalized spacial score (nSPS) is 35.3. The van der Waals surface area contributed by atoms with Crippen molar-refractivity contribution in [2.75, 3.05) is 18.8 Å². The van der Waals surface area contributed by atoms with E-state index < -0.39 is 0 Å². The maximum Gasteiger partial charge on any atom is 0.245 e. The van der Waals surface area contributed by atoms with Crippen LogP contribution in [0.4, 0.5) is 0 Å². The van der Waals surface area contributed by atoms with Crippen molar-refractivity contribution < 1.29 is 4.79 Å². The molecule has 1 heterocycles. The van der Waals surface area contributed by atoms with Gasteiger partial charge in [0, 0.05) is 18.8 Å². The van der Waals surface area contributed by atoms with Gasteiger partial charge in [0.25, 0.3) is 0 Å². The van der Waals surface area contributed by atoms with E-state index in [1.54, 1.807) is 11.8 Å². The van der Waals surface area contributed by atoms with E-state index in [2.05, 4.69) is 18.7 Å². The van der Waals surface area contributed by atoms with Crippen molar-refractivity contribution in [3.63, 3.8) is 0 Å². The lowest BCUT2D eigenvalue weighted by atomic mass is 9.69. The highest BCUT2D eigenvalue weighted by atomic mass is 32.2. The van der Waals surface area contributed by atoms with Crippen LogP contribution in [-0.4, -0.2) is 35.0 Å². The Bertz CT molecular complexity index is 264. The molecule has 0 spiro atoms. The van der Waals surface area contributed by atoms with Crippen LogP contribution in [-0.2, 0) is 4.79 Å². The van der Waals surface area contributed by atoms with Crippen molar-refractivity contribution in [2.45, 2.75) is 32.1 Å². The van der Waals surface area contributed by atoms with E-state index in [-0.39, 0.29) is 11.3 Å². The van der Waals surface area contributed by atoms with Gasteiger partial charge < -0.3 is 5.73 Å². The Morgan fingerprint density at radius 1 is 1.50 bits per heavy atom. The van der Waals surface area contributed by atoms with Gasteiger partial charge in [-0.25, -0.2) is 0 Å². The highest BCUT2D eigenvalue weighted by molar-refractivity contribution is 8.00. The number of nitrogens with zero attached hydrogens (tertiary/aromatic N) is 1. The van der Waals surface area contributed by atoms with E-state index in [4.69, 9.17) is 5.73 Å². The molecule has 3 nitrogen and oxygen atoms in total. The van der Waals surface area contributed by atoms with E-state index in [0.29, 0.717) is 0 Å². The maximum atomic E-state index is 11.2. The first-order chi connectivity index (χ1) is 7.58. The summed E-state index contributed by atoms with van der Waals surface area (Å²) in [5.41, 5.74) is 5.40. The number of nitrogens with two attached hydrogens (primary N) is 1. The molecule has 4 heteroatoms. The molecule has 1 saturated carbocycles. The SMILES string of the molecule is CC(C)[C@H]1C[C@H](CN2CCS[C@H]2C(N)=O)C1. The Morgan fingerprint density at radius 3 is 2.75 bits per heavy atom. The van der Waals surface area contributed by atoms with Crippen LogP contribution in [0.3, 0.4) is 0 Å². The minimum Gasteiger partial charge on any atom is -0.368 e. The summed E-state index contributed by atoms with van der Waals surface area (Å²) in [6.07, 6.45) is 2.68. The molecule has 1 aliphatic carbocycles. The van der Waals surface area contributed by atoms with Crippen LogP contribution in [0.25, 0.3) is 0 Å². The summed E-state index contributed by atoms with van der Waals surface area (Å²) in [6.45, 7) is 6.71. The monoisotopic (exact) mass is 242 g/mol. The Kier molecular flexibility index (Phi) is 3.80. The summed E-state index contributed by atoms with van der Waals surface area (Å²) >= 11 is 1.69. The van der Waals surface area contributed by atoms with Gasteiger partial charge in [-0.15, -0.1) is 11.8 Å². The zero-order valence-electron chi connectivity index (χ0n) is 10.2. The van der Waals surface area contributed by atoms with Crippen molar-refractivity contribution in [1.29, 1.82) is 0 Å². The molecule has 1 saturated heterocycles. The Balaban J connectivity index is 1.76. The second kappa shape index (κ2) is 4.96. The topological polar surface area (TPSA) is 46.3 Å². The molecule has 0 aromatic rings. The lowest BCUT2D eigenvalue weighted by Crippen LogP contribution is -2.44. The molecule has 1 atom stereocenters. The quantitative estimate of drug-likeness (QED) is 0.813. The first-order valence-electron chi connectivity index (χ1n) is 6.23. The molecule has 0 radical (unpaired) electrons. The van der Waals surface area contributed by atoms with Crippen molar-refractivity contribution >= 4 is 17.7 Å². The van der Waals surface area contributed by atoms with Crippen LogP contribution in [0.5, 0.6) is 0 Å². The molecule has 2 aliphatic rings. The molecule has 2 N–H and O–H groups in total. The molecule has 2 rings (SSSR count). The van der Waals surface area contributed by atoms with E-state index >= 15 is 0 Å². The van der Waals surface area contributed by atoms with Crippen molar-refractivity contribution in [2.24, 2.45) is 23.5 Å². The van der Waals surface area contributed by atoms with Gasteiger partial charge in [-0.2, -0.15) is 0 Å². The molecule has 0 aromatic heterocycles. The fourth-order valence-corrected chi connectivity index (χ4v) is 3.90. The first-order valence-corrected chi connectivity index (χ1v) is 7.27. The molecular weight excluding hydrogens is 220 g/mol. The Morgan fingerprint density at radius 2 is 2.19 bits per heavy atom. The van der Waals surface area contributed by atoms with Gasteiger partial charge in [0.05, 0.1) is 0 Å². The van der Waals surface area contributed by atoms with Crippen molar-refractivity contribution in [3.8, 4) is 0 Å². The van der Waals surface area contributed by atoms with Gasteiger partial charge >= 0.3 is 0 Å². The number of amides is 1. The molecule has 16 heavy (non-hydrogen) atoms. The summed E-state index contributed by atoms with van der Waals surface area (Å²) in [5.74, 6) is 3.41. The summed E-state index contributed by atoms with van der Waals surface area (Å²) < 4.78 is 0. The first kappa shape index (κ1) is 12.2. The number of hydrogen-bond acceptors (Lipinski definition) is 3. The fraction of sp³-hybridized carbons (Fsp3) is 0.917. The molecule has 0 aromatic carbocycles. The molecule has 1 amide bonds. The third-order valence-corrected chi connectivity index (χ3v) is 5.20. The molecule has 0 bridgehead atoms. The van der Waals surface area contributed by atoms with Crippen LogP contribution in [0.15, 0.2) is 0 Å². The van der Waals surface area contributed by atoms with E-state index in [1.807, 2.05) is 0 Å². The number of thioether (sulfide) groups is 1. The predicted molar refractivity (Wildman–Crippen MR) is 68.1 cm³/mol. The fourth-order valence-electron chi connectivity index (χ4n) is 2.77. The molecular formula is C12H22N2OS. The molecule has 92 valence electrons. The second-order valence-electron chi connectivity index (χ2n) is 5.46. The van der Waals surface area contributed by atoms with Gasteiger partial charge in [0.1, 0.15) is 5.37 Å². The lowest BCUT2D eigenvalue weighted by molar-refractivity contribution is -0.120. The van der Waals surface area contributed by atoms with Crippen LogP contribution >= 0.6 is 11.8 Å². The van der Waals surface area contributed by atoms with Gasteiger partial charge in [0.15, 0.2) is 0 Å². The Labute approximate surface area is 102 Å². The summed E-state index contributed by atoms with van der Waals surface area (Å²) in [7, 11) is 0. The van der Waals surface area contributed by atoms with Crippen molar-refractivity contribution in [3.05, 3.63) is 0 Å². The lowest BCUT2D eigenvalue weighted by Gasteiger charge is -2.40. The van der Waals surface area contributed by atoms with E-state index in [0.717, 1.165) is 36.6 Å². The second-order valence-corrected chi connectivity index (χ2v) is 6.65. The van der Waals surface area contributed by atoms with Gasteiger partial charge in [-0.3, -0.25) is 9.69 Å². The summed E-state index contributed by atoms with van der Waals surface area (Å²) in [6, 6.07) is 0. The predicted octanol–water partition coefficient (Wildman–Crippen LogP) is 1.53. The number of carbonyl (C=O) groups excluding carboxylic acids is 1. The maximum absolute atomic E-state index is 11.2. The standard InChI is InChI=1S/C12H22N2OS/c1-8(2)10-5-9(6-10)7-14-3-4-16-12(14)11(13)15/h8-10,12H,3-7H2,1-2H3,(H2,13,15)/t9-,10-,12-/m0/s1. The van der Waals surface area contributed by atoms with Crippen LogP contribution < -0.4 is 5.73 Å². The largest absolute Gasteiger partial charge is 0.368 e. The smallest absolute Gasteiger partial charge is 0.245 e. The Hall–Kier alpha value is -0.220. The summed E-state index contributed by atoms with van der Waals surface area (Å²) in [4.78, 5) is 13.5. The third kappa shape index (κ3) is 2.54. The van der Waals surface area contributed by atoms with Crippen LogP contribution in [0.1, 0.15) is 26.7 Å². The average molecular weight is 242 g/mol. The summed E-state index contributed by atoms with van der Waals surface area (Å²) in [5, 5.41) is -0.0573. The minimum atomic E-state index is -0.165. The zero-order chi connectivity index (χ0) is 11.7. The molecule has 1 aliphatic heterocycles. The van der Waals surface area contributed by atoms with Crippen molar-refractivity contribution in [1.82, 2.24) is 4.90 Å².